The smallest absolute Gasteiger partial charge is 0.253 e. The molecule has 27 heavy (non-hydrogen) atoms. The average molecular weight is 407 g/mol. The normalized spacial score (nSPS) is 11.6. The van der Waals surface area contributed by atoms with Gasteiger partial charge >= 0.3 is 0 Å². The Kier molecular flexibility index (Phi) is 7.94. The van der Waals surface area contributed by atoms with Gasteiger partial charge < -0.3 is 15.5 Å². The number of hydrogen-bond donors (Lipinski definition) is 2. The Balaban J connectivity index is 2.08. The lowest BCUT2D eigenvalue weighted by atomic mass is 10.1. The Morgan fingerprint density at radius 3 is 2.56 bits per heavy atom. The number of halogens is 1. The van der Waals surface area contributed by atoms with Gasteiger partial charge in [-0.25, -0.2) is 4.98 Å². The maximum absolute atomic E-state index is 12.7. The summed E-state index contributed by atoms with van der Waals surface area (Å²) in [5.41, 5.74) is 1.27. The lowest BCUT2D eigenvalue weighted by Gasteiger charge is -2.19. The van der Waals surface area contributed by atoms with E-state index in [1.807, 2.05) is 31.3 Å². The maximum atomic E-state index is 12.7. The summed E-state index contributed by atoms with van der Waals surface area (Å²) in [5, 5.41) is 5.88. The number of anilines is 2. The van der Waals surface area contributed by atoms with Gasteiger partial charge in [0.1, 0.15) is 11.9 Å². The van der Waals surface area contributed by atoms with Crippen LogP contribution in [-0.4, -0.2) is 48.9 Å². The van der Waals surface area contributed by atoms with Crippen LogP contribution in [0.2, 0.25) is 5.02 Å². The molecule has 1 aromatic heterocycles. The molecule has 1 heterocycles. The molecule has 2 amide bonds. The van der Waals surface area contributed by atoms with Crippen LogP contribution in [0.25, 0.3) is 0 Å². The number of benzene rings is 1. The molecule has 0 radical (unpaired) electrons. The van der Waals surface area contributed by atoms with Crippen molar-refractivity contribution in [2.75, 3.05) is 36.3 Å². The number of nitrogens with zero attached hydrogens (tertiary/aromatic N) is 2. The third-order valence-electron chi connectivity index (χ3n) is 3.87. The minimum absolute atomic E-state index is 0.311. The first kappa shape index (κ1) is 21.1. The van der Waals surface area contributed by atoms with Gasteiger partial charge in [0.25, 0.3) is 5.91 Å². The monoisotopic (exact) mass is 406 g/mol. The standard InChI is InChI=1S/C19H23ClN4O2S/c1-24(2)13-8-9-17(21-12-13)23-19(26)16(10-11-27-3)22-18(25)14-6-4-5-7-15(14)20/h4-9,12,16H,10-11H2,1-3H3,(H,22,25)(H,21,23,26)/t16-/m1/s1. The molecule has 1 atom stereocenters. The highest BCUT2D eigenvalue weighted by atomic mass is 35.5. The molecule has 2 aromatic rings. The Morgan fingerprint density at radius 1 is 1.22 bits per heavy atom. The van der Waals surface area contributed by atoms with Crippen molar-refractivity contribution in [1.29, 1.82) is 0 Å². The molecule has 0 aliphatic rings. The summed E-state index contributed by atoms with van der Waals surface area (Å²) in [6, 6.07) is 9.66. The van der Waals surface area contributed by atoms with Gasteiger partial charge in [0.05, 0.1) is 22.5 Å². The highest BCUT2D eigenvalue weighted by Crippen LogP contribution is 2.16. The van der Waals surface area contributed by atoms with Crippen molar-refractivity contribution in [1.82, 2.24) is 10.3 Å². The van der Waals surface area contributed by atoms with Crippen molar-refractivity contribution in [3.63, 3.8) is 0 Å². The van der Waals surface area contributed by atoms with E-state index in [0.29, 0.717) is 22.8 Å². The van der Waals surface area contributed by atoms with Crippen LogP contribution in [0.15, 0.2) is 42.6 Å². The SMILES string of the molecule is CSCC[C@@H](NC(=O)c1ccccc1Cl)C(=O)Nc1ccc(N(C)C)cn1. The minimum Gasteiger partial charge on any atom is -0.376 e. The first-order valence-corrected chi connectivity index (χ1v) is 10.2. The second-order valence-electron chi connectivity index (χ2n) is 6.07. The number of thioether (sulfide) groups is 1. The second kappa shape index (κ2) is 10.2. The summed E-state index contributed by atoms with van der Waals surface area (Å²) in [5.74, 6) is 0.479. The Hall–Kier alpha value is -2.25. The quantitative estimate of drug-likeness (QED) is 0.703. The van der Waals surface area contributed by atoms with E-state index in [-0.39, 0.29) is 11.8 Å². The van der Waals surface area contributed by atoms with Crippen LogP contribution in [-0.2, 0) is 4.79 Å². The predicted molar refractivity (Wildman–Crippen MR) is 113 cm³/mol. The lowest BCUT2D eigenvalue weighted by molar-refractivity contribution is -0.118. The first-order chi connectivity index (χ1) is 12.9. The van der Waals surface area contributed by atoms with E-state index >= 15 is 0 Å². The molecule has 0 saturated carbocycles. The number of nitrogens with one attached hydrogen (secondary N) is 2. The van der Waals surface area contributed by atoms with Crippen LogP contribution < -0.4 is 15.5 Å². The Morgan fingerprint density at radius 2 is 1.96 bits per heavy atom. The van der Waals surface area contributed by atoms with Gasteiger partial charge in [-0.05, 0) is 42.7 Å². The van der Waals surface area contributed by atoms with Crippen LogP contribution in [0.4, 0.5) is 11.5 Å². The van der Waals surface area contributed by atoms with Gasteiger partial charge in [-0.2, -0.15) is 11.8 Å². The van der Waals surface area contributed by atoms with E-state index in [4.69, 9.17) is 11.6 Å². The number of pyridine rings is 1. The van der Waals surface area contributed by atoms with Crippen molar-refractivity contribution in [3.8, 4) is 0 Å². The third-order valence-corrected chi connectivity index (χ3v) is 4.84. The molecule has 1 aromatic carbocycles. The van der Waals surface area contributed by atoms with Gasteiger partial charge in [-0.3, -0.25) is 9.59 Å². The average Bonchev–Trinajstić information content (AvgIpc) is 2.65. The van der Waals surface area contributed by atoms with E-state index in [2.05, 4.69) is 15.6 Å². The van der Waals surface area contributed by atoms with Crippen molar-refractivity contribution in [2.24, 2.45) is 0 Å². The molecule has 2 rings (SSSR count). The van der Waals surface area contributed by atoms with Gasteiger partial charge in [-0.1, -0.05) is 23.7 Å². The largest absolute Gasteiger partial charge is 0.376 e. The zero-order chi connectivity index (χ0) is 19.8. The zero-order valence-corrected chi connectivity index (χ0v) is 17.1. The van der Waals surface area contributed by atoms with Crippen molar-refractivity contribution in [2.45, 2.75) is 12.5 Å². The van der Waals surface area contributed by atoms with Crippen molar-refractivity contribution in [3.05, 3.63) is 53.2 Å². The van der Waals surface area contributed by atoms with E-state index < -0.39 is 6.04 Å². The number of amides is 2. The van der Waals surface area contributed by atoms with Crippen LogP contribution >= 0.6 is 23.4 Å². The number of aromatic nitrogens is 1. The Labute approximate surface area is 168 Å². The number of hydrogen-bond acceptors (Lipinski definition) is 5. The molecular weight excluding hydrogens is 384 g/mol. The van der Waals surface area contributed by atoms with Crippen LogP contribution in [0.1, 0.15) is 16.8 Å². The molecule has 8 heteroatoms. The van der Waals surface area contributed by atoms with Gasteiger partial charge in [0.2, 0.25) is 5.91 Å². The second-order valence-corrected chi connectivity index (χ2v) is 7.47. The summed E-state index contributed by atoms with van der Waals surface area (Å²) in [6.07, 6.45) is 4.13. The third kappa shape index (κ3) is 6.15. The van der Waals surface area contributed by atoms with Crippen LogP contribution in [0.5, 0.6) is 0 Å². The Bertz CT molecular complexity index is 784. The fourth-order valence-electron chi connectivity index (χ4n) is 2.32. The zero-order valence-electron chi connectivity index (χ0n) is 15.5. The molecule has 0 saturated heterocycles. The predicted octanol–water partition coefficient (Wildman–Crippen LogP) is 3.29. The van der Waals surface area contributed by atoms with Gasteiger partial charge in [0.15, 0.2) is 0 Å². The first-order valence-electron chi connectivity index (χ1n) is 8.41. The fourth-order valence-corrected chi connectivity index (χ4v) is 3.02. The molecule has 6 nitrogen and oxygen atoms in total. The minimum atomic E-state index is -0.684. The summed E-state index contributed by atoms with van der Waals surface area (Å²) >= 11 is 7.68. The molecule has 144 valence electrons. The summed E-state index contributed by atoms with van der Waals surface area (Å²) in [6.45, 7) is 0. The van der Waals surface area contributed by atoms with E-state index in [9.17, 15) is 9.59 Å². The molecule has 0 fully saturated rings. The highest BCUT2D eigenvalue weighted by Gasteiger charge is 2.22. The molecule has 0 aliphatic heterocycles. The summed E-state index contributed by atoms with van der Waals surface area (Å²) < 4.78 is 0. The molecular formula is C19H23ClN4O2S. The summed E-state index contributed by atoms with van der Waals surface area (Å²) in [4.78, 5) is 31.3. The maximum Gasteiger partial charge on any atom is 0.253 e. The molecule has 2 N–H and O–H groups in total. The number of carbonyl (C=O) groups is 2. The van der Waals surface area contributed by atoms with Gasteiger partial charge in [0, 0.05) is 14.1 Å². The number of carbonyl (C=O) groups excluding carboxylic acids is 2. The summed E-state index contributed by atoms with van der Waals surface area (Å²) in [7, 11) is 3.83. The van der Waals surface area contributed by atoms with Crippen LogP contribution in [0, 0.1) is 0 Å². The topological polar surface area (TPSA) is 74.3 Å². The lowest BCUT2D eigenvalue weighted by Crippen LogP contribution is -2.44. The van der Waals surface area contributed by atoms with Crippen molar-refractivity contribution >= 4 is 46.7 Å². The fraction of sp³-hybridized carbons (Fsp3) is 0.316. The van der Waals surface area contributed by atoms with Crippen molar-refractivity contribution < 1.29 is 9.59 Å². The van der Waals surface area contributed by atoms with Gasteiger partial charge in [-0.15, -0.1) is 0 Å². The molecule has 0 bridgehead atoms. The van der Waals surface area contributed by atoms with E-state index in [0.717, 1.165) is 11.4 Å². The molecule has 0 unspecified atom stereocenters. The van der Waals surface area contributed by atoms with E-state index in [1.54, 1.807) is 48.3 Å². The molecule has 0 aliphatic carbocycles. The highest BCUT2D eigenvalue weighted by molar-refractivity contribution is 7.98. The number of rotatable bonds is 8. The van der Waals surface area contributed by atoms with Crippen LogP contribution in [0.3, 0.4) is 0 Å². The van der Waals surface area contributed by atoms with E-state index in [1.165, 1.54) is 0 Å². The molecule has 0 spiro atoms.